The summed E-state index contributed by atoms with van der Waals surface area (Å²) in [4.78, 5) is 0. The maximum Gasteiger partial charge on any atom is 0.123 e. The topological polar surface area (TPSA) is 0 Å². The van der Waals surface area contributed by atoms with E-state index in [9.17, 15) is 13.2 Å². The van der Waals surface area contributed by atoms with Crippen molar-refractivity contribution in [2.24, 2.45) is 0 Å². The van der Waals surface area contributed by atoms with Crippen LogP contribution in [0.1, 0.15) is 0 Å². The molecule has 0 saturated heterocycles. The second-order valence-electron chi connectivity index (χ2n) is 17.8. The lowest BCUT2D eigenvalue weighted by atomic mass is 9.76. The van der Waals surface area contributed by atoms with Crippen molar-refractivity contribution in [1.29, 1.82) is 0 Å². The normalized spacial score (nSPS) is 11.4. The van der Waals surface area contributed by atoms with E-state index >= 15 is 0 Å². The maximum absolute atomic E-state index is 14.5. The number of hydrogen-bond donors (Lipinski definition) is 0. The van der Waals surface area contributed by atoms with Crippen LogP contribution in [0.5, 0.6) is 0 Å². The highest BCUT2D eigenvalue weighted by Crippen LogP contribution is 2.54. The lowest BCUT2D eigenvalue weighted by Gasteiger charge is -2.26. The summed E-state index contributed by atoms with van der Waals surface area (Å²) < 4.78 is 42.8. The van der Waals surface area contributed by atoms with E-state index in [4.69, 9.17) is 0 Å². The molecule has 0 spiro atoms. The van der Waals surface area contributed by atoms with E-state index in [0.717, 1.165) is 127 Å². The highest BCUT2D eigenvalue weighted by atomic mass is 31.0. The second kappa shape index (κ2) is 17.9. The molecule has 0 saturated carbocycles. The van der Waals surface area contributed by atoms with Crippen LogP contribution in [0.2, 0.25) is 0 Å². The Hall–Kier alpha value is -8.36. The maximum atomic E-state index is 14.5. The Morgan fingerprint density at radius 3 is 0.800 bits per heavy atom. The predicted molar refractivity (Wildman–Crippen MR) is 292 cm³/mol. The molecule has 0 nitrogen and oxygen atoms in total. The summed E-state index contributed by atoms with van der Waals surface area (Å²) in [6.07, 6.45) is 0. The molecular weight excluding hydrogens is 881 g/mol. The van der Waals surface area contributed by atoms with Crippen LogP contribution in [0, 0.1) is 17.5 Å². The number of benzene rings is 12. The summed E-state index contributed by atoms with van der Waals surface area (Å²) in [6, 6.07) is 80.8. The van der Waals surface area contributed by atoms with Gasteiger partial charge in [0, 0.05) is 0 Å². The van der Waals surface area contributed by atoms with Crippen molar-refractivity contribution in [1.82, 2.24) is 0 Å². The molecule has 70 heavy (non-hydrogen) atoms. The Labute approximate surface area is 407 Å². The first-order chi connectivity index (χ1) is 34.3. The lowest BCUT2D eigenvalue weighted by Crippen LogP contribution is -1.98. The van der Waals surface area contributed by atoms with Gasteiger partial charge in [0.1, 0.15) is 17.5 Å². The first kappa shape index (κ1) is 43.0. The van der Waals surface area contributed by atoms with E-state index in [2.05, 4.69) is 179 Å². The van der Waals surface area contributed by atoms with Gasteiger partial charge in [0.2, 0.25) is 0 Å². The third kappa shape index (κ3) is 7.85. The Morgan fingerprint density at radius 1 is 0.214 bits per heavy atom. The van der Waals surface area contributed by atoms with Gasteiger partial charge in [0.15, 0.2) is 0 Å². The Morgan fingerprint density at radius 2 is 0.457 bits per heavy atom. The fraction of sp³-hybridized carbons (Fsp3) is 0. The molecule has 0 N–H and O–H groups in total. The molecule has 0 aromatic heterocycles. The third-order valence-electron chi connectivity index (χ3n) is 13.6. The number of halogens is 3. The van der Waals surface area contributed by atoms with Crippen LogP contribution in [0.25, 0.3) is 121 Å². The van der Waals surface area contributed by atoms with Gasteiger partial charge in [-0.2, -0.15) is 0 Å². The van der Waals surface area contributed by atoms with Gasteiger partial charge in [-0.25, -0.2) is 13.2 Å². The van der Waals surface area contributed by atoms with Gasteiger partial charge in [0.25, 0.3) is 0 Å². The smallest absolute Gasteiger partial charge is 0.123 e. The molecule has 0 aliphatic rings. The summed E-state index contributed by atoms with van der Waals surface area (Å²) in [6.45, 7) is 0. The van der Waals surface area contributed by atoms with Crippen LogP contribution < -0.4 is 5.30 Å². The molecule has 332 valence electrons. The average Bonchev–Trinajstić information content (AvgIpc) is 3.41. The van der Waals surface area contributed by atoms with Crippen LogP contribution in [0.4, 0.5) is 13.2 Å². The first-order valence-electron chi connectivity index (χ1n) is 23.3. The van der Waals surface area contributed by atoms with Crippen molar-refractivity contribution >= 4 is 46.9 Å². The lowest BCUT2D eigenvalue weighted by molar-refractivity contribution is 0.627. The Kier molecular flexibility index (Phi) is 11.0. The second-order valence-corrected chi connectivity index (χ2v) is 18.5. The van der Waals surface area contributed by atoms with Gasteiger partial charge in [-0.05, 0) is 175 Å². The Bertz CT molecular complexity index is 3630. The first-order valence-corrected chi connectivity index (χ1v) is 23.9. The fourth-order valence-electron chi connectivity index (χ4n) is 10.3. The fourth-order valence-corrected chi connectivity index (χ4v) is 10.4. The zero-order valence-electron chi connectivity index (χ0n) is 37.8. The molecule has 12 aromatic carbocycles. The standard InChI is InChI=1S/C66H42F3P/c67-53-29-19-43(20-30-53)41-11-15-49(16-12-41)61-57-37-27-51(45-23-33-55(69)34-24-45)39-59(57)63(47-7-3-1-4-8-47)65-62(50-17-13-42(14-18-50)44-21-31-54(68)32-22-44)58-38-28-52(46-25-35-56(70)36-26-46)40-60(58)64(66(61)65)48-9-5-2-6-10-48/h1-40H,70H2. The summed E-state index contributed by atoms with van der Waals surface area (Å²) in [5, 5.41) is 7.62. The van der Waals surface area contributed by atoms with Gasteiger partial charge in [-0.15, -0.1) is 9.24 Å². The third-order valence-corrected chi connectivity index (χ3v) is 14.0. The summed E-state index contributed by atoms with van der Waals surface area (Å²) >= 11 is 0. The molecule has 0 heterocycles. The SMILES string of the molecule is Fc1ccc(-c2ccc(-c3c4ccc(-c5ccc(F)cc5)cc4c(-c4ccccc4)c4c(-c5ccc(-c6ccc(F)cc6)cc5)c5ccc(-c6ccc(P)cc6)cc5c(-c5ccccc5)c34)cc2)cc1. The van der Waals surface area contributed by atoms with E-state index in [1.54, 1.807) is 0 Å². The van der Waals surface area contributed by atoms with Crippen molar-refractivity contribution in [2.45, 2.75) is 0 Å². The molecule has 12 rings (SSSR count). The molecule has 0 fully saturated rings. The molecule has 1 atom stereocenters. The minimum absolute atomic E-state index is 0.273. The largest absolute Gasteiger partial charge is 0.207 e. The van der Waals surface area contributed by atoms with Crippen LogP contribution in [-0.4, -0.2) is 0 Å². The quantitative estimate of drug-likeness (QED) is 0.105. The van der Waals surface area contributed by atoms with Gasteiger partial charge < -0.3 is 0 Å². The summed E-state index contributed by atoms with van der Waals surface area (Å²) in [5.41, 5.74) is 16.5. The van der Waals surface area contributed by atoms with Crippen LogP contribution in [0.3, 0.4) is 0 Å². The van der Waals surface area contributed by atoms with E-state index in [1.165, 1.54) is 36.4 Å². The number of fused-ring (bicyclic) bond motifs is 3. The van der Waals surface area contributed by atoms with Crippen molar-refractivity contribution < 1.29 is 13.2 Å². The van der Waals surface area contributed by atoms with Crippen LogP contribution in [0.15, 0.2) is 243 Å². The van der Waals surface area contributed by atoms with Gasteiger partial charge in [-0.3, -0.25) is 0 Å². The van der Waals surface area contributed by atoms with E-state index in [-0.39, 0.29) is 17.5 Å². The van der Waals surface area contributed by atoms with Crippen LogP contribution in [-0.2, 0) is 0 Å². The van der Waals surface area contributed by atoms with Crippen molar-refractivity contribution in [2.75, 3.05) is 0 Å². The van der Waals surface area contributed by atoms with Crippen molar-refractivity contribution in [3.05, 3.63) is 260 Å². The molecule has 0 aliphatic carbocycles. The number of rotatable bonds is 8. The molecule has 0 amide bonds. The van der Waals surface area contributed by atoms with Crippen molar-refractivity contribution in [3.8, 4) is 89.0 Å². The van der Waals surface area contributed by atoms with Gasteiger partial charge >= 0.3 is 0 Å². The zero-order valence-corrected chi connectivity index (χ0v) is 39.0. The van der Waals surface area contributed by atoms with E-state index in [1.807, 2.05) is 36.4 Å². The molecular formula is C66H42F3P. The van der Waals surface area contributed by atoms with Crippen molar-refractivity contribution in [3.63, 3.8) is 0 Å². The Balaban J connectivity index is 1.29. The van der Waals surface area contributed by atoms with Crippen LogP contribution >= 0.6 is 9.24 Å². The zero-order chi connectivity index (χ0) is 47.3. The highest BCUT2D eigenvalue weighted by Gasteiger charge is 2.27. The average molecular weight is 923 g/mol. The minimum atomic E-state index is -0.285. The predicted octanol–water partition coefficient (Wildman–Crippen LogP) is 18.4. The monoisotopic (exact) mass is 922 g/mol. The minimum Gasteiger partial charge on any atom is -0.207 e. The molecule has 0 aliphatic heterocycles. The summed E-state index contributed by atoms with van der Waals surface area (Å²) in [5.74, 6) is -0.834. The molecule has 0 radical (unpaired) electrons. The van der Waals surface area contributed by atoms with E-state index in [0.29, 0.717) is 0 Å². The molecule has 12 aromatic rings. The highest BCUT2D eigenvalue weighted by molar-refractivity contribution is 7.27. The van der Waals surface area contributed by atoms with E-state index < -0.39 is 0 Å². The molecule has 0 bridgehead atoms. The van der Waals surface area contributed by atoms with Gasteiger partial charge in [0.05, 0.1) is 0 Å². The molecule has 1 unspecified atom stereocenters. The summed E-state index contributed by atoms with van der Waals surface area (Å²) in [7, 11) is 2.80. The van der Waals surface area contributed by atoms with Gasteiger partial charge in [-0.1, -0.05) is 194 Å². The molecule has 4 heteroatoms. The number of hydrogen-bond acceptors (Lipinski definition) is 0.